The monoisotopic (exact) mass is 329 g/mol. The molecular weight excluding hydrogens is 314 g/mol. The number of hydrogen-bond acceptors (Lipinski definition) is 4. The number of benzene rings is 2. The summed E-state index contributed by atoms with van der Waals surface area (Å²) in [5, 5.41) is 15.4. The Balaban J connectivity index is 2.20. The summed E-state index contributed by atoms with van der Waals surface area (Å²) < 4.78 is 0. The Labute approximate surface area is 139 Å². The van der Waals surface area contributed by atoms with Crippen LogP contribution in [0.1, 0.15) is 12.5 Å². The predicted octanol–water partition coefficient (Wildman–Crippen LogP) is 4.21. The van der Waals surface area contributed by atoms with Crippen molar-refractivity contribution in [1.82, 2.24) is 0 Å². The van der Waals surface area contributed by atoms with Crippen molar-refractivity contribution < 1.29 is 10.0 Å². The van der Waals surface area contributed by atoms with Gasteiger partial charge < -0.3 is 10.5 Å². The largest absolute Gasteiger partial charge is 0.410 e. The summed E-state index contributed by atoms with van der Waals surface area (Å²) in [6.07, 6.45) is 0. The molecule has 2 aromatic rings. The first-order valence-electron chi connectivity index (χ1n) is 6.91. The maximum Gasteiger partial charge on any atom is 0.279 e. The summed E-state index contributed by atoms with van der Waals surface area (Å²) in [5.41, 5.74) is 2.23. The first-order chi connectivity index (χ1) is 11.0. The molecule has 23 heavy (non-hydrogen) atoms. The molecule has 6 heteroatoms. The SMILES string of the molecule is CC(=Nc1ccc(C)c(Cl)c1)/C(=N/O)C(=O)Nc1ccccc1. The number of oxime groups is 1. The third-order valence-electron chi connectivity index (χ3n) is 3.14. The van der Waals surface area contributed by atoms with Gasteiger partial charge in [-0.25, -0.2) is 0 Å². The topological polar surface area (TPSA) is 74.0 Å². The van der Waals surface area contributed by atoms with Crippen molar-refractivity contribution in [3.8, 4) is 0 Å². The van der Waals surface area contributed by atoms with Crippen molar-refractivity contribution in [1.29, 1.82) is 0 Å². The van der Waals surface area contributed by atoms with Crippen LogP contribution in [0.3, 0.4) is 0 Å². The Bertz CT molecular complexity index is 771. The summed E-state index contributed by atoms with van der Waals surface area (Å²) in [4.78, 5) is 16.5. The van der Waals surface area contributed by atoms with Crippen LogP contribution in [0, 0.1) is 6.92 Å². The lowest BCUT2D eigenvalue weighted by Gasteiger charge is -2.07. The van der Waals surface area contributed by atoms with Crippen LogP contribution in [-0.2, 0) is 4.79 Å². The number of hydrogen-bond donors (Lipinski definition) is 2. The van der Waals surface area contributed by atoms with Gasteiger partial charge in [-0.15, -0.1) is 0 Å². The fraction of sp³-hybridized carbons (Fsp3) is 0.118. The average molecular weight is 330 g/mol. The van der Waals surface area contributed by atoms with E-state index in [0.29, 0.717) is 16.4 Å². The number of carbonyl (C=O) groups excluding carboxylic acids is 1. The molecule has 0 saturated carbocycles. The van der Waals surface area contributed by atoms with E-state index in [-0.39, 0.29) is 11.4 Å². The van der Waals surface area contributed by atoms with E-state index < -0.39 is 5.91 Å². The summed E-state index contributed by atoms with van der Waals surface area (Å²) in [6, 6.07) is 14.2. The van der Waals surface area contributed by atoms with E-state index in [1.165, 1.54) is 0 Å². The summed E-state index contributed by atoms with van der Waals surface area (Å²) in [6.45, 7) is 3.48. The molecule has 118 valence electrons. The molecule has 0 aliphatic carbocycles. The summed E-state index contributed by atoms with van der Waals surface area (Å²) in [7, 11) is 0. The Hall–Kier alpha value is -2.66. The minimum Gasteiger partial charge on any atom is -0.410 e. The lowest BCUT2D eigenvalue weighted by atomic mass is 10.2. The second kappa shape index (κ2) is 7.56. The van der Waals surface area contributed by atoms with Crippen LogP contribution in [0.2, 0.25) is 5.02 Å². The number of para-hydroxylation sites is 1. The van der Waals surface area contributed by atoms with Crippen LogP contribution >= 0.6 is 11.6 Å². The lowest BCUT2D eigenvalue weighted by Crippen LogP contribution is -2.28. The molecule has 0 aliphatic rings. The molecule has 0 radical (unpaired) electrons. The highest BCUT2D eigenvalue weighted by molar-refractivity contribution is 6.68. The van der Waals surface area contributed by atoms with E-state index in [2.05, 4.69) is 15.5 Å². The number of aliphatic imine (C=N–C) groups is 1. The number of halogens is 1. The molecule has 0 aromatic heterocycles. The minimum atomic E-state index is -0.543. The van der Waals surface area contributed by atoms with Crippen LogP contribution in [0.5, 0.6) is 0 Å². The number of rotatable bonds is 4. The molecule has 0 atom stereocenters. The first kappa shape index (κ1) is 16.7. The van der Waals surface area contributed by atoms with Gasteiger partial charge in [0.15, 0.2) is 5.71 Å². The maximum atomic E-state index is 12.2. The smallest absolute Gasteiger partial charge is 0.279 e. The van der Waals surface area contributed by atoms with E-state index in [1.807, 2.05) is 19.1 Å². The third kappa shape index (κ3) is 4.40. The predicted molar refractivity (Wildman–Crippen MR) is 93.3 cm³/mol. The highest BCUT2D eigenvalue weighted by Crippen LogP contribution is 2.22. The molecule has 2 rings (SSSR count). The van der Waals surface area contributed by atoms with Gasteiger partial charge in [0, 0.05) is 10.7 Å². The average Bonchev–Trinajstić information content (AvgIpc) is 2.52. The molecule has 0 aliphatic heterocycles. The molecule has 2 aromatic carbocycles. The van der Waals surface area contributed by atoms with Gasteiger partial charge in [-0.1, -0.05) is 41.0 Å². The van der Waals surface area contributed by atoms with Crippen molar-refractivity contribution in [3.05, 3.63) is 59.1 Å². The fourth-order valence-electron chi connectivity index (χ4n) is 1.89. The molecule has 0 heterocycles. The van der Waals surface area contributed by atoms with E-state index in [1.54, 1.807) is 43.3 Å². The van der Waals surface area contributed by atoms with E-state index in [4.69, 9.17) is 16.8 Å². The quantitative estimate of drug-likeness (QED) is 0.501. The van der Waals surface area contributed by atoms with Crippen LogP contribution in [0.15, 0.2) is 58.7 Å². The molecular formula is C17H16ClN3O2. The highest BCUT2D eigenvalue weighted by Gasteiger charge is 2.16. The van der Waals surface area contributed by atoms with Crippen LogP contribution in [0.25, 0.3) is 0 Å². The van der Waals surface area contributed by atoms with Crippen LogP contribution in [0.4, 0.5) is 11.4 Å². The van der Waals surface area contributed by atoms with Crippen molar-refractivity contribution in [3.63, 3.8) is 0 Å². The van der Waals surface area contributed by atoms with Gasteiger partial charge >= 0.3 is 0 Å². The van der Waals surface area contributed by atoms with Crippen molar-refractivity contribution in [2.24, 2.45) is 10.1 Å². The Morgan fingerprint density at radius 3 is 2.48 bits per heavy atom. The first-order valence-corrected chi connectivity index (χ1v) is 7.29. The van der Waals surface area contributed by atoms with Gasteiger partial charge in [0.25, 0.3) is 5.91 Å². The summed E-state index contributed by atoms with van der Waals surface area (Å²) in [5.74, 6) is -0.543. The third-order valence-corrected chi connectivity index (χ3v) is 3.55. The molecule has 1 amide bonds. The fourth-order valence-corrected chi connectivity index (χ4v) is 2.07. The zero-order valence-electron chi connectivity index (χ0n) is 12.7. The van der Waals surface area contributed by atoms with Crippen LogP contribution < -0.4 is 5.32 Å². The molecule has 0 fully saturated rings. The Morgan fingerprint density at radius 2 is 1.87 bits per heavy atom. The maximum absolute atomic E-state index is 12.2. The number of anilines is 1. The number of carbonyl (C=O) groups is 1. The second-order valence-electron chi connectivity index (χ2n) is 4.90. The van der Waals surface area contributed by atoms with E-state index in [0.717, 1.165) is 5.56 Å². The standard InChI is InChI=1S/C17H16ClN3O2/c1-11-8-9-14(10-15(11)18)19-12(2)16(21-23)17(22)20-13-6-4-3-5-7-13/h3-10,23H,1-2H3,(H,20,22)/b19-12?,21-16-. The van der Waals surface area contributed by atoms with Crippen molar-refractivity contribution in [2.75, 3.05) is 5.32 Å². The molecule has 0 spiro atoms. The number of amides is 1. The molecule has 0 unspecified atom stereocenters. The summed E-state index contributed by atoms with van der Waals surface area (Å²) >= 11 is 6.05. The Kier molecular flexibility index (Phi) is 5.49. The molecule has 0 saturated heterocycles. The zero-order chi connectivity index (χ0) is 16.8. The normalized spacial score (nSPS) is 12.1. The van der Waals surface area contributed by atoms with Gasteiger partial charge in [0.05, 0.1) is 11.4 Å². The minimum absolute atomic E-state index is 0.162. The lowest BCUT2D eigenvalue weighted by molar-refractivity contribution is -0.110. The van der Waals surface area contributed by atoms with Gasteiger partial charge in [0.1, 0.15) is 0 Å². The number of nitrogens with one attached hydrogen (secondary N) is 1. The van der Waals surface area contributed by atoms with E-state index in [9.17, 15) is 4.79 Å². The van der Waals surface area contributed by atoms with Gasteiger partial charge in [0.2, 0.25) is 0 Å². The number of nitrogens with zero attached hydrogens (tertiary/aromatic N) is 2. The van der Waals surface area contributed by atoms with Crippen molar-refractivity contribution in [2.45, 2.75) is 13.8 Å². The van der Waals surface area contributed by atoms with Crippen LogP contribution in [-0.4, -0.2) is 22.5 Å². The highest BCUT2D eigenvalue weighted by atomic mass is 35.5. The van der Waals surface area contributed by atoms with Gasteiger partial charge in [-0.3, -0.25) is 9.79 Å². The molecule has 5 nitrogen and oxygen atoms in total. The second-order valence-corrected chi connectivity index (χ2v) is 5.31. The van der Waals surface area contributed by atoms with Gasteiger partial charge in [-0.05, 0) is 43.7 Å². The zero-order valence-corrected chi connectivity index (χ0v) is 13.5. The molecule has 2 N–H and O–H groups in total. The number of aryl methyl sites for hydroxylation is 1. The van der Waals surface area contributed by atoms with Gasteiger partial charge in [-0.2, -0.15) is 0 Å². The molecule has 0 bridgehead atoms. The Morgan fingerprint density at radius 1 is 1.17 bits per heavy atom. The van der Waals surface area contributed by atoms with Crippen molar-refractivity contribution >= 4 is 40.3 Å². The van der Waals surface area contributed by atoms with E-state index >= 15 is 0 Å².